The molecule has 2 rings (SSSR count). The van der Waals surface area contributed by atoms with Crippen molar-refractivity contribution in [3.8, 4) is 0 Å². The number of alkyl halides is 3. The van der Waals surface area contributed by atoms with Crippen LogP contribution in [0.1, 0.15) is 29.5 Å². The lowest BCUT2D eigenvalue weighted by Gasteiger charge is -2.21. The summed E-state index contributed by atoms with van der Waals surface area (Å²) in [6.07, 6.45) is -3.70. The summed E-state index contributed by atoms with van der Waals surface area (Å²) in [6.45, 7) is 0. The molecule has 0 unspecified atom stereocenters. The molecule has 0 bridgehead atoms. The zero-order valence-electron chi connectivity index (χ0n) is 6.97. The number of nitrogens with zero attached hydrogens (tertiary/aromatic N) is 1. The average molecular weight is 221 g/mol. The molecule has 1 aliphatic carbocycles. The molecular formula is C8H6F3NOS. The SMILES string of the molecule is O=C1CC(c2nc(C(F)(F)F)cs2)C1. The monoisotopic (exact) mass is 221 g/mol. The van der Waals surface area contributed by atoms with Gasteiger partial charge in [0.25, 0.3) is 0 Å². The number of halogens is 3. The minimum absolute atomic E-state index is 0.0800. The van der Waals surface area contributed by atoms with E-state index in [0.29, 0.717) is 17.8 Å². The van der Waals surface area contributed by atoms with Gasteiger partial charge in [-0.1, -0.05) is 0 Å². The molecule has 1 aromatic rings. The molecule has 0 saturated heterocycles. The van der Waals surface area contributed by atoms with Gasteiger partial charge in [-0.15, -0.1) is 11.3 Å². The molecule has 0 aromatic carbocycles. The second-order valence-corrected chi connectivity index (χ2v) is 4.10. The van der Waals surface area contributed by atoms with Crippen molar-refractivity contribution in [1.29, 1.82) is 0 Å². The summed E-state index contributed by atoms with van der Waals surface area (Å²) in [6, 6.07) is 0. The fourth-order valence-electron chi connectivity index (χ4n) is 1.27. The molecule has 1 saturated carbocycles. The molecule has 0 spiro atoms. The predicted molar refractivity (Wildman–Crippen MR) is 44.1 cm³/mol. The van der Waals surface area contributed by atoms with Crippen LogP contribution in [0.4, 0.5) is 13.2 Å². The Bertz CT molecular complexity index is 363. The Morgan fingerprint density at radius 3 is 2.50 bits per heavy atom. The van der Waals surface area contributed by atoms with Crippen molar-refractivity contribution in [2.45, 2.75) is 24.9 Å². The lowest BCUT2D eigenvalue weighted by atomic mass is 9.85. The fourth-order valence-corrected chi connectivity index (χ4v) is 2.20. The first-order valence-electron chi connectivity index (χ1n) is 4.01. The van der Waals surface area contributed by atoms with Crippen LogP contribution in [0.25, 0.3) is 0 Å². The van der Waals surface area contributed by atoms with Gasteiger partial charge >= 0.3 is 6.18 Å². The predicted octanol–water partition coefficient (Wildman–Crippen LogP) is 2.61. The van der Waals surface area contributed by atoms with Crippen molar-refractivity contribution >= 4 is 17.1 Å². The topological polar surface area (TPSA) is 30.0 Å². The van der Waals surface area contributed by atoms with E-state index in [1.54, 1.807) is 0 Å². The van der Waals surface area contributed by atoms with Gasteiger partial charge in [-0.3, -0.25) is 4.79 Å². The Balaban J connectivity index is 2.14. The maximum absolute atomic E-state index is 12.1. The lowest BCUT2D eigenvalue weighted by molar-refractivity contribution is -0.140. The largest absolute Gasteiger partial charge is 0.434 e. The standard InChI is InChI=1S/C8H6F3NOS/c9-8(10,11)6-3-14-7(12-6)4-1-5(13)2-4/h3-4H,1-2H2. The highest BCUT2D eigenvalue weighted by atomic mass is 32.1. The number of rotatable bonds is 1. The van der Waals surface area contributed by atoms with E-state index < -0.39 is 11.9 Å². The van der Waals surface area contributed by atoms with Gasteiger partial charge in [-0.05, 0) is 0 Å². The summed E-state index contributed by atoms with van der Waals surface area (Å²) in [7, 11) is 0. The van der Waals surface area contributed by atoms with Crippen molar-refractivity contribution in [1.82, 2.24) is 4.98 Å². The van der Waals surface area contributed by atoms with E-state index in [9.17, 15) is 18.0 Å². The first-order chi connectivity index (χ1) is 6.47. The minimum atomic E-state index is -4.37. The van der Waals surface area contributed by atoms with E-state index in [1.165, 1.54) is 0 Å². The summed E-state index contributed by atoms with van der Waals surface area (Å²) in [5, 5.41) is 1.43. The fraction of sp³-hybridized carbons (Fsp3) is 0.500. The molecule has 0 atom stereocenters. The van der Waals surface area contributed by atoms with Gasteiger partial charge in [-0.2, -0.15) is 13.2 Å². The van der Waals surface area contributed by atoms with Crippen LogP contribution in [0.5, 0.6) is 0 Å². The molecule has 0 N–H and O–H groups in total. The molecule has 1 aliphatic rings. The van der Waals surface area contributed by atoms with Crippen LogP contribution in [0, 0.1) is 0 Å². The average Bonchev–Trinajstić information content (AvgIpc) is 2.45. The highest BCUT2D eigenvalue weighted by Crippen LogP contribution is 2.38. The minimum Gasteiger partial charge on any atom is -0.300 e. The van der Waals surface area contributed by atoms with Crippen LogP contribution < -0.4 is 0 Å². The van der Waals surface area contributed by atoms with Crippen molar-refractivity contribution in [3.63, 3.8) is 0 Å². The van der Waals surface area contributed by atoms with Crippen LogP contribution in [-0.2, 0) is 11.0 Å². The molecule has 76 valence electrons. The lowest BCUT2D eigenvalue weighted by Crippen LogP contribution is -2.21. The van der Waals surface area contributed by atoms with E-state index in [-0.39, 0.29) is 11.7 Å². The second-order valence-electron chi connectivity index (χ2n) is 3.21. The number of ketones is 1. The normalized spacial score (nSPS) is 18.4. The highest BCUT2D eigenvalue weighted by Gasteiger charge is 2.36. The zero-order chi connectivity index (χ0) is 10.3. The number of aromatic nitrogens is 1. The van der Waals surface area contributed by atoms with Gasteiger partial charge in [-0.25, -0.2) is 4.98 Å². The number of carbonyl (C=O) groups is 1. The van der Waals surface area contributed by atoms with Gasteiger partial charge in [0, 0.05) is 24.1 Å². The van der Waals surface area contributed by atoms with E-state index in [2.05, 4.69) is 4.98 Å². The highest BCUT2D eigenvalue weighted by molar-refractivity contribution is 7.09. The number of thiazole rings is 1. The number of hydrogen-bond donors (Lipinski definition) is 0. The van der Waals surface area contributed by atoms with E-state index >= 15 is 0 Å². The zero-order valence-corrected chi connectivity index (χ0v) is 7.78. The number of Topliss-reactive ketones (excluding diaryl/α,β-unsaturated/α-hetero) is 1. The smallest absolute Gasteiger partial charge is 0.300 e. The Hall–Kier alpha value is -0.910. The molecule has 1 fully saturated rings. The molecule has 0 amide bonds. The number of carbonyl (C=O) groups excluding carboxylic acids is 1. The van der Waals surface area contributed by atoms with E-state index in [1.807, 2.05) is 0 Å². The molecule has 1 aromatic heterocycles. The summed E-state index contributed by atoms with van der Waals surface area (Å²) >= 11 is 0.979. The second kappa shape index (κ2) is 3.05. The van der Waals surface area contributed by atoms with Gasteiger partial charge in [0.2, 0.25) is 0 Å². The molecule has 0 radical (unpaired) electrons. The van der Waals surface area contributed by atoms with Crippen LogP contribution >= 0.6 is 11.3 Å². The van der Waals surface area contributed by atoms with Crippen LogP contribution in [0.2, 0.25) is 0 Å². The third kappa shape index (κ3) is 1.66. The quantitative estimate of drug-likeness (QED) is 0.729. The Labute approximate surface area is 81.8 Å². The van der Waals surface area contributed by atoms with Gasteiger partial charge in [0.1, 0.15) is 5.78 Å². The summed E-state index contributed by atoms with van der Waals surface area (Å²) in [4.78, 5) is 14.1. The molecule has 1 heterocycles. The summed E-state index contributed by atoms with van der Waals surface area (Å²) in [5.41, 5.74) is -0.850. The molecule has 14 heavy (non-hydrogen) atoms. The van der Waals surface area contributed by atoms with Crippen LogP contribution in [0.3, 0.4) is 0 Å². The van der Waals surface area contributed by atoms with Crippen molar-refractivity contribution in [2.75, 3.05) is 0 Å². The molecule has 2 nitrogen and oxygen atoms in total. The maximum atomic E-state index is 12.1. The third-order valence-electron chi connectivity index (χ3n) is 2.11. The third-order valence-corrected chi connectivity index (χ3v) is 3.12. The first-order valence-corrected chi connectivity index (χ1v) is 4.89. The van der Waals surface area contributed by atoms with Crippen molar-refractivity contribution in [2.24, 2.45) is 0 Å². The number of hydrogen-bond acceptors (Lipinski definition) is 3. The van der Waals surface area contributed by atoms with Gasteiger partial charge in [0.15, 0.2) is 5.69 Å². The Morgan fingerprint density at radius 1 is 1.43 bits per heavy atom. The van der Waals surface area contributed by atoms with Gasteiger partial charge < -0.3 is 0 Å². The molecule has 0 aliphatic heterocycles. The van der Waals surface area contributed by atoms with Crippen molar-refractivity contribution < 1.29 is 18.0 Å². The van der Waals surface area contributed by atoms with E-state index in [4.69, 9.17) is 0 Å². The Morgan fingerprint density at radius 2 is 2.07 bits per heavy atom. The summed E-state index contributed by atoms with van der Waals surface area (Å²) in [5.74, 6) is 0.0161. The van der Waals surface area contributed by atoms with Gasteiger partial charge in [0.05, 0.1) is 5.01 Å². The van der Waals surface area contributed by atoms with Crippen molar-refractivity contribution in [3.05, 3.63) is 16.1 Å². The van der Waals surface area contributed by atoms with Crippen LogP contribution in [-0.4, -0.2) is 10.8 Å². The molecule has 6 heteroatoms. The Kier molecular flexibility index (Phi) is 2.10. The maximum Gasteiger partial charge on any atom is 0.434 e. The van der Waals surface area contributed by atoms with Crippen LogP contribution in [0.15, 0.2) is 5.38 Å². The first kappa shape index (κ1) is 9.64. The molecular weight excluding hydrogens is 215 g/mol. The van der Waals surface area contributed by atoms with E-state index in [0.717, 1.165) is 16.7 Å². The summed E-state index contributed by atoms with van der Waals surface area (Å²) < 4.78 is 36.4.